The number of unbranched alkanes of at least 4 members (excludes halogenated alkanes) is 23. The van der Waals surface area contributed by atoms with Gasteiger partial charge >= 0.3 is 0 Å². The molecule has 0 radical (unpaired) electrons. The molecule has 0 heterocycles. The van der Waals surface area contributed by atoms with Gasteiger partial charge < -0.3 is 20.6 Å². The molecule has 0 aliphatic carbocycles. The first-order valence-corrected chi connectivity index (χ1v) is 18.7. The highest BCUT2D eigenvalue weighted by Crippen LogP contribution is 2.15. The fraction of sp³-hybridized carbons (Fsp3) is 0.868. The summed E-state index contributed by atoms with van der Waals surface area (Å²) in [5, 5.41) is 32.8. The topological polar surface area (TPSA) is 89.8 Å². The first kappa shape index (κ1) is 41.8. The average molecular weight is 608 g/mol. The normalized spacial score (nSPS) is 14.1. The number of hydrogen-bond donors (Lipinski definition) is 4. The van der Waals surface area contributed by atoms with Crippen LogP contribution in [0.3, 0.4) is 0 Å². The summed E-state index contributed by atoms with van der Waals surface area (Å²) in [4.78, 5) is 12.4. The minimum atomic E-state index is -1.10. The molecule has 254 valence electrons. The van der Waals surface area contributed by atoms with E-state index in [0.29, 0.717) is 6.42 Å². The molecule has 1 amide bonds. The highest BCUT2D eigenvalue weighted by atomic mass is 16.3. The summed E-state index contributed by atoms with van der Waals surface area (Å²) in [6, 6.07) is -0.808. The largest absolute Gasteiger partial charge is 0.394 e. The molecule has 0 fully saturated rings. The fourth-order valence-corrected chi connectivity index (χ4v) is 5.55. The van der Waals surface area contributed by atoms with E-state index in [1.54, 1.807) is 6.08 Å². The Hall–Kier alpha value is -1.17. The van der Waals surface area contributed by atoms with Crippen LogP contribution in [0, 0.1) is 0 Å². The van der Waals surface area contributed by atoms with Crippen LogP contribution in [0.15, 0.2) is 24.3 Å². The Morgan fingerprint density at radius 2 is 0.953 bits per heavy atom. The van der Waals surface area contributed by atoms with E-state index in [4.69, 9.17) is 0 Å². The zero-order chi connectivity index (χ0) is 31.6. The van der Waals surface area contributed by atoms with Crippen LogP contribution in [-0.4, -0.2) is 46.1 Å². The molecule has 0 rings (SSSR count). The Morgan fingerprint density at radius 1 is 0.558 bits per heavy atom. The third-order valence-corrected chi connectivity index (χ3v) is 8.54. The van der Waals surface area contributed by atoms with Crippen LogP contribution in [0.1, 0.15) is 187 Å². The number of carbonyl (C=O) groups excluding carboxylic acids is 1. The van der Waals surface area contributed by atoms with E-state index < -0.39 is 24.2 Å². The number of hydrogen-bond acceptors (Lipinski definition) is 4. The molecule has 0 bridgehead atoms. The number of aliphatic hydroxyl groups is 3. The quantitative estimate of drug-likeness (QED) is 0.0441. The number of aliphatic hydroxyl groups excluding tert-OH is 3. The molecule has 5 heteroatoms. The van der Waals surface area contributed by atoms with Crippen molar-refractivity contribution in [1.29, 1.82) is 0 Å². The van der Waals surface area contributed by atoms with Crippen molar-refractivity contribution in [3.63, 3.8) is 0 Å². The Bertz CT molecular complexity index is 635. The van der Waals surface area contributed by atoms with Gasteiger partial charge in [-0.25, -0.2) is 0 Å². The highest BCUT2D eigenvalue weighted by Gasteiger charge is 2.22. The first-order chi connectivity index (χ1) is 21.1. The summed E-state index contributed by atoms with van der Waals surface area (Å²) >= 11 is 0. The van der Waals surface area contributed by atoms with Crippen LogP contribution in [0.2, 0.25) is 0 Å². The minimum Gasteiger partial charge on any atom is -0.394 e. The zero-order valence-corrected chi connectivity index (χ0v) is 28.6. The summed E-state index contributed by atoms with van der Waals surface area (Å²) in [6.45, 7) is 4.11. The lowest BCUT2D eigenvalue weighted by Crippen LogP contribution is -2.48. The SMILES string of the molecule is CCCCC/C=C/CC/C=C/C(O)C(CO)NC(=O)C(O)CCCCCCCCCCCCCCCCCCCCCC. The molecule has 3 unspecified atom stereocenters. The van der Waals surface area contributed by atoms with Gasteiger partial charge in [-0.1, -0.05) is 179 Å². The lowest BCUT2D eigenvalue weighted by Gasteiger charge is -2.21. The van der Waals surface area contributed by atoms with Gasteiger partial charge in [-0.2, -0.15) is 0 Å². The number of nitrogens with one attached hydrogen (secondary N) is 1. The highest BCUT2D eigenvalue weighted by molar-refractivity contribution is 5.80. The number of rotatable bonds is 33. The van der Waals surface area contributed by atoms with Gasteiger partial charge in [0, 0.05) is 0 Å². The van der Waals surface area contributed by atoms with Crippen molar-refractivity contribution in [2.24, 2.45) is 0 Å². The minimum absolute atomic E-state index is 0.374. The van der Waals surface area contributed by atoms with Gasteiger partial charge in [0.25, 0.3) is 0 Å². The van der Waals surface area contributed by atoms with Crippen molar-refractivity contribution in [3.8, 4) is 0 Å². The van der Waals surface area contributed by atoms with Gasteiger partial charge in [-0.3, -0.25) is 4.79 Å². The van der Waals surface area contributed by atoms with E-state index in [-0.39, 0.29) is 6.61 Å². The summed E-state index contributed by atoms with van der Waals surface area (Å²) in [6.07, 6.45) is 39.2. The van der Waals surface area contributed by atoms with E-state index in [1.165, 1.54) is 128 Å². The third kappa shape index (κ3) is 29.3. The Balaban J connectivity index is 3.65. The van der Waals surface area contributed by atoms with Gasteiger partial charge in [0.05, 0.1) is 18.8 Å². The Kier molecular flexibility index (Phi) is 32.8. The maximum atomic E-state index is 12.4. The lowest BCUT2D eigenvalue weighted by atomic mass is 10.0. The summed E-state index contributed by atoms with van der Waals surface area (Å²) in [7, 11) is 0. The predicted octanol–water partition coefficient (Wildman–Crippen LogP) is 9.87. The molecule has 0 aromatic heterocycles. The molecule has 4 N–H and O–H groups in total. The second kappa shape index (κ2) is 33.7. The number of amides is 1. The van der Waals surface area contributed by atoms with Crippen molar-refractivity contribution in [2.75, 3.05) is 6.61 Å². The van der Waals surface area contributed by atoms with Crippen LogP contribution in [0.5, 0.6) is 0 Å². The van der Waals surface area contributed by atoms with Gasteiger partial charge in [0.2, 0.25) is 5.91 Å². The van der Waals surface area contributed by atoms with Crippen LogP contribution < -0.4 is 5.32 Å². The van der Waals surface area contributed by atoms with E-state index in [1.807, 2.05) is 6.08 Å². The van der Waals surface area contributed by atoms with Crippen molar-refractivity contribution in [2.45, 2.75) is 205 Å². The Labute approximate surface area is 267 Å². The van der Waals surface area contributed by atoms with Crippen molar-refractivity contribution >= 4 is 5.91 Å². The second-order valence-electron chi connectivity index (χ2n) is 12.8. The number of carbonyl (C=O) groups is 1. The van der Waals surface area contributed by atoms with E-state index in [2.05, 4.69) is 31.3 Å². The molecule has 3 atom stereocenters. The molecule has 0 aliphatic heterocycles. The van der Waals surface area contributed by atoms with Crippen LogP contribution in [-0.2, 0) is 4.79 Å². The standard InChI is InChI=1S/C38H73NO4/c1-3-5-7-9-11-13-14-15-16-17-18-19-20-21-22-23-25-27-29-31-33-37(42)38(43)39-35(34-40)36(41)32-30-28-26-24-12-10-8-6-4-2/h12,24,30,32,35-37,40-42H,3-11,13-23,25-29,31,33-34H2,1-2H3,(H,39,43)/b24-12+,32-30+. The van der Waals surface area contributed by atoms with Gasteiger partial charge in [0.15, 0.2) is 0 Å². The number of allylic oxidation sites excluding steroid dienone is 3. The van der Waals surface area contributed by atoms with Crippen LogP contribution >= 0.6 is 0 Å². The van der Waals surface area contributed by atoms with Gasteiger partial charge in [-0.15, -0.1) is 0 Å². The zero-order valence-electron chi connectivity index (χ0n) is 28.6. The summed E-state index contributed by atoms with van der Waals surface area (Å²) < 4.78 is 0. The first-order valence-electron chi connectivity index (χ1n) is 18.7. The molecule has 0 aliphatic rings. The van der Waals surface area contributed by atoms with Gasteiger partial charge in [0.1, 0.15) is 6.10 Å². The molecular weight excluding hydrogens is 534 g/mol. The molecule has 0 saturated carbocycles. The maximum absolute atomic E-state index is 12.4. The predicted molar refractivity (Wildman–Crippen MR) is 185 cm³/mol. The van der Waals surface area contributed by atoms with Crippen LogP contribution in [0.25, 0.3) is 0 Å². The molecule has 0 aromatic rings. The molecule has 0 aromatic carbocycles. The molecule has 5 nitrogen and oxygen atoms in total. The second-order valence-corrected chi connectivity index (χ2v) is 12.8. The summed E-state index contributed by atoms with van der Waals surface area (Å²) in [5.74, 6) is -0.515. The summed E-state index contributed by atoms with van der Waals surface area (Å²) in [5.41, 5.74) is 0. The van der Waals surface area contributed by atoms with Gasteiger partial charge in [-0.05, 0) is 32.1 Å². The van der Waals surface area contributed by atoms with E-state index >= 15 is 0 Å². The van der Waals surface area contributed by atoms with E-state index in [9.17, 15) is 20.1 Å². The molecule has 0 saturated heterocycles. The average Bonchev–Trinajstić information content (AvgIpc) is 3.01. The molecular formula is C38H73NO4. The molecule has 0 spiro atoms. The van der Waals surface area contributed by atoms with Crippen molar-refractivity contribution in [3.05, 3.63) is 24.3 Å². The van der Waals surface area contributed by atoms with Crippen molar-refractivity contribution < 1.29 is 20.1 Å². The maximum Gasteiger partial charge on any atom is 0.249 e. The van der Waals surface area contributed by atoms with Crippen LogP contribution in [0.4, 0.5) is 0 Å². The lowest BCUT2D eigenvalue weighted by molar-refractivity contribution is -0.131. The third-order valence-electron chi connectivity index (χ3n) is 8.54. The molecule has 43 heavy (non-hydrogen) atoms. The monoisotopic (exact) mass is 608 g/mol. The Morgan fingerprint density at radius 3 is 1.42 bits per heavy atom. The smallest absolute Gasteiger partial charge is 0.249 e. The van der Waals surface area contributed by atoms with E-state index in [0.717, 1.165) is 38.5 Å². The fourth-order valence-electron chi connectivity index (χ4n) is 5.55. The van der Waals surface area contributed by atoms with Crippen molar-refractivity contribution in [1.82, 2.24) is 5.32 Å².